The normalized spacial score (nSPS) is 17.3. The van der Waals surface area contributed by atoms with Crippen molar-refractivity contribution in [2.24, 2.45) is 4.40 Å². The molecule has 0 spiro atoms. The van der Waals surface area contributed by atoms with E-state index in [9.17, 15) is 13.2 Å². The van der Waals surface area contributed by atoms with Crippen molar-refractivity contribution in [1.29, 1.82) is 0 Å². The summed E-state index contributed by atoms with van der Waals surface area (Å²) >= 11 is 2.90. The zero-order valence-corrected chi connectivity index (χ0v) is 17.3. The number of hydrogen-bond donors (Lipinski definition) is 0. The lowest BCUT2D eigenvalue weighted by atomic mass is 10.1. The van der Waals surface area contributed by atoms with Crippen LogP contribution in [0.5, 0.6) is 0 Å². The standard InChI is InChI=1S/C17H18N4O3S3/c1-3-15-18-12(10-25-15)9-20(2)16(22)11-4-5-13-14(8-11)26-17-19-27(23,24)7-6-21(13)17/h4-5,8,10H,3,6-7,9H2,1-2H3. The van der Waals surface area contributed by atoms with Crippen LogP contribution in [0.15, 0.2) is 32.9 Å². The van der Waals surface area contributed by atoms with Crippen LogP contribution in [-0.2, 0) is 23.0 Å². The summed E-state index contributed by atoms with van der Waals surface area (Å²) in [6.45, 7) is 2.90. The van der Waals surface area contributed by atoms with E-state index in [0.717, 1.165) is 27.7 Å². The highest BCUT2D eigenvalue weighted by Crippen LogP contribution is 2.42. The average molecular weight is 423 g/mol. The van der Waals surface area contributed by atoms with E-state index in [2.05, 4.69) is 16.3 Å². The number of aryl methyl sites for hydroxylation is 1. The SMILES string of the molecule is CCc1nc(CN(C)C(=O)c2ccc3c(c2)SC2=NS(=O)(=O)CCN23)cs1. The summed E-state index contributed by atoms with van der Waals surface area (Å²) in [5.74, 6) is -0.0864. The quantitative estimate of drug-likeness (QED) is 0.753. The zero-order valence-electron chi connectivity index (χ0n) is 14.9. The summed E-state index contributed by atoms with van der Waals surface area (Å²) < 4.78 is 27.3. The molecule has 3 heterocycles. The molecule has 7 nitrogen and oxygen atoms in total. The lowest BCUT2D eigenvalue weighted by Gasteiger charge is -2.22. The lowest BCUT2D eigenvalue weighted by molar-refractivity contribution is 0.0783. The molecule has 2 aromatic rings. The van der Waals surface area contributed by atoms with E-state index in [4.69, 9.17) is 0 Å². The smallest absolute Gasteiger partial charge is 0.257 e. The number of carbonyl (C=O) groups is 1. The van der Waals surface area contributed by atoms with Gasteiger partial charge in [0.15, 0.2) is 5.17 Å². The molecule has 0 atom stereocenters. The fourth-order valence-corrected chi connectivity index (χ4v) is 6.01. The van der Waals surface area contributed by atoms with Gasteiger partial charge in [0.25, 0.3) is 15.9 Å². The second-order valence-electron chi connectivity index (χ2n) is 6.34. The fraction of sp³-hybridized carbons (Fsp3) is 0.353. The average Bonchev–Trinajstić information content (AvgIpc) is 3.22. The van der Waals surface area contributed by atoms with Gasteiger partial charge < -0.3 is 9.80 Å². The predicted octanol–water partition coefficient (Wildman–Crippen LogP) is 2.59. The van der Waals surface area contributed by atoms with Gasteiger partial charge in [-0.25, -0.2) is 13.4 Å². The summed E-state index contributed by atoms with van der Waals surface area (Å²) in [4.78, 5) is 21.7. The monoisotopic (exact) mass is 422 g/mol. The Morgan fingerprint density at radius 2 is 2.19 bits per heavy atom. The van der Waals surface area contributed by atoms with E-state index in [1.807, 2.05) is 22.4 Å². The van der Waals surface area contributed by atoms with Crippen molar-refractivity contribution < 1.29 is 13.2 Å². The number of amides is 1. The third-order valence-corrected chi connectivity index (χ3v) is 7.72. The molecule has 0 bridgehead atoms. The topological polar surface area (TPSA) is 82.9 Å². The molecule has 1 aromatic carbocycles. The van der Waals surface area contributed by atoms with Crippen LogP contribution in [0.2, 0.25) is 0 Å². The first-order chi connectivity index (χ1) is 12.9. The Kier molecular flexibility index (Phi) is 4.73. The van der Waals surface area contributed by atoms with E-state index in [1.165, 1.54) is 11.8 Å². The molecule has 142 valence electrons. The Labute approximate surface area is 166 Å². The van der Waals surface area contributed by atoms with Crippen molar-refractivity contribution >= 4 is 49.9 Å². The third-order valence-electron chi connectivity index (χ3n) is 4.37. The number of sulfonamides is 1. The summed E-state index contributed by atoms with van der Waals surface area (Å²) in [6, 6.07) is 5.45. The minimum absolute atomic E-state index is 0.00725. The minimum atomic E-state index is -3.39. The van der Waals surface area contributed by atoms with E-state index in [-0.39, 0.29) is 11.7 Å². The van der Waals surface area contributed by atoms with Crippen molar-refractivity contribution in [2.75, 3.05) is 24.2 Å². The molecule has 0 fully saturated rings. The van der Waals surface area contributed by atoms with Gasteiger partial charge in [-0.05, 0) is 36.4 Å². The molecule has 0 N–H and O–H groups in total. The maximum atomic E-state index is 12.8. The highest BCUT2D eigenvalue weighted by atomic mass is 32.2. The van der Waals surface area contributed by atoms with Crippen LogP contribution in [0.1, 0.15) is 28.0 Å². The Morgan fingerprint density at radius 1 is 1.37 bits per heavy atom. The predicted molar refractivity (Wildman–Crippen MR) is 108 cm³/mol. The molecule has 27 heavy (non-hydrogen) atoms. The number of thioether (sulfide) groups is 1. The molecule has 4 rings (SSSR count). The second-order valence-corrected chi connectivity index (χ2v) is 10.0. The molecule has 0 aliphatic carbocycles. The molecule has 1 aromatic heterocycles. The van der Waals surface area contributed by atoms with Gasteiger partial charge in [-0.1, -0.05) is 6.92 Å². The van der Waals surface area contributed by atoms with Crippen LogP contribution < -0.4 is 4.90 Å². The fourth-order valence-electron chi connectivity index (χ4n) is 2.98. The van der Waals surface area contributed by atoms with Gasteiger partial charge in [0.1, 0.15) is 0 Å². The highest BCUT2D eigenvalue weighted by Gasteiger charge is 2.33. The number of aromatic nitrogens is 1. The highest BCUT2D eigenvalue weighted by molar-refractivity contribution is 8.15. The van der Waals surface area contributed by atoms with Crippen molar-refractivity contribution in [2.45, 2.75) is 24.8 Å². The lowest BCUT2D eigenvalue weighted by Crippen LogP contribution is -2.35. The molecular formula is C17H18N4O3S3. The number of amidine groups is 1. The van der Waals surface area contributed by atoms with Gasteiger partial charge in [0, 0.05) is 29.4 Å². The number of hydrogen-bond acceptors (Lipinski definition) is 7. The molecule has 1 amide bonds. The number of fused-ring (bicyclic) bond motifs is 3. The Morgan fingerprint density at radius 3 is 2.93 bits per heavy atom. The number of nitrogens with zero attached hydrogens (tertiary/aromatic N) is 4. The number of benzene rings is 1. The van der Waals surface area contributed by atoms with Crippen molar-refractivity contribution in [1.82, 2.24) is 9.88 Å². The Hall–Kier alpha value is -1.91. The summed E-state index contributed by atoms with van der Waals surface area (Å²) in [7, 11) is -1.63. The molecule has 0 unspecified atom stereocenters. The maximum absolute atomic E-state index is 12.8. The third kappa shape index (κ3) is 3.61. The van der Waals surface area contributed by atoms with Crippen LogP contribution in [0.4, 0.5) is 5.69 Å². The van der Waals surface area contributed by atoms with Gasteiger partial charge in [-0.15, -0.1) is 15.7 Å². The van der Waals surface area contributed by atoms with Crippen LogP contribution in [0, 0.1) is 0 Å². The van der Waals surface area contributed by atoms with Crippen molar-refractivity contribution in [3.63, 3.8) is 0 Å². The largest absolute Gasteiger partial charge is 0.336 e. The van der Waals surface area contributed by atoms with Crippen molar-refractivity contribution in [3.8, 4) is 0 Å². The van der Waals surface area contributed by atoms with E-state index in [1.54, 1.807) is 29.4 Å². The molecular weight excluding hydrogens is 404 g/mol. The van der Waals surface area contributed by atoms with Crippen LogP contribution >= 0.6 is 23.1 Å². The van der Waals surface area contributed by atoms with E-state index in [0.29, 0.717) is 23.8 Å². The van der Waals surface area contributed by atoms with Gasteiger partial charge >= 0.3 is 0 Å². The number of rotatable bonds is 4. The zero-order chi connectivity index (χ0) is 19.2. The first kappa shape index (κ1) is 18.5. The molecule has 2 aliphatic rings. The van der Waals surface area contributed by atoms with Gasteiger partial charge in [-0.2, -0.15) is 0 Å². The maximum Gasteiger partial charge on any atom is 0.257 e. The summed E-state index contributed by atoms with van der Waals surface area (Å²) in [5.41, 5.74) is 2.36. The first-order valence-electron chi connectivity index (χ1n) is 8.47. The van der Waals surface area contributed by atoms with Gasteiger partial charge in [0.2, 0.25) is 0 Å². The van der Waals surface area contributed by atoms with E-state index < -0.39 is 10.0 Å². The minimum Gasteiger partial charge on any atom is -0.336 e. The van der Waals surface area contributed by atoms with Gasteiger partial charge in [0.05, 0.1) is 28.7 Å². The molecule has 0 saturated carbocycles. The number of anilines is 1. The van der Waals surface area contributed by atoms with Crippen LogP contribution in [0.3, 0.4) is 0 Å². The van der Waals surface area contributed by atoms with Crippen LogP contribution in [-0.4, -0.2) is 48.7 Å². The summed E-state index contributed by atoms with van der Waals surface area (Å²) in [5, 5.41) is 3.51. The van der Waals surface area contributed by atoms with Crippen LogP contribution in [0.25, 0.3) is 0 Å². The first-order valence-corrected chi connectivity index (χ1v) is 11.8. The van der Waals surface area contributed by atoms with Crippen molar-refractivity contribution in [3.05, 3.63) is 39.8 Å². The summed E-state index contributed by atoms with van der Waals surface area (Å²) in [6.07, 6.45) is 0.889. The number of thiazole rings is 1. The Bertz CT molecular complexity index is 1050. The second kappa shape index (κ2) is 6.92. The molecule has 2 aliphatic heterocycles. The molecule has 0 radical (unpaired) electrons. The number of carbonyl (C=O) groups excluding carboxylic acids is 1. The molecule has 0 saturated heterocycles. The van der Waals surface area contributed by atoms with E-state index >= 15 is 0 Å². The van der Waals surface area contributed by atoms with Gasteiger partial charge in [-0.3, -0.25) is 4.79 Å². The Balaban J connectivity index is 1.54. The molecule has 10 heteroatoms.